The Labute approximate surface area is 308 Å². The Hall–Kier alpha value is -3.55. The summed E-state index contributed by atoms with van der Waals surface area (Å²) in [7, 11) is -0.699. The molecule has 0 radical (unpaired) electrons. The van der Waals surface area contributed by atoms with E-state index in [0.717, 1.165) is 34.3 Å². The largest absolute Gasteiger partial charge is 0.497 e. The molecule has 0 N–H and O–H groups in total. The first kappa shape index (κ1) is 40.2. The van der Waals surface area contributed by atoms with Gasteiger partial charge in [-0.25, -0.2) is 0 Å². The summed E-state index contributed by atoms with van der Waals surface area (Å²) in [5, 5.41) is 0. The lowest BCUT2D eigenvalue weighted by atomic mass is 9.79. The maximum absolute atomic E-state index is 12.2. The van der Waals surface area contributed by atoms with E-state index in [1.165, 1.54) is 0 Å². The second kappa shape index (κ2) is 18.8. The SMILES string of the molecule is COc1ccc(CO[C@@H](CC=O)[C@H](C)[C@H](O[Si](C(C)C)(C(C)C)C(C)C)[C@H](C)COC(c2ccccc2)(c2ccccc2)c2ccccc2)cc1. The first-order chi connectivity index (χ1) is 24.5. The fourth-order valence-electron chi connectivity index (χ4n) is 8.17. The van der Waals surface area contributed by atoms with Crippen LogP contribution >= 0.6 is 0 Å². The van der Waals surface area contributed by atoms with E-state index in [0.29, 0.717) is 29.8 Å². The van der Waals surface area contributed by atoms with Gasteiger partial charge < -0.3 is 23.4 Å². The Bertz CT molecular complexity index is 1460. The molecule has 0 saturated heterocycles. The number of hydrogen-bond acceptors (Lipinski definition) is 5. The Kier molecular flexibility index (Phi) is 14.8. The Balaban J connectivity index is 1.77. The molecule has 0 fully saturated rings. The second-order valence-electron chi connectivity index (χ2n) is 14.9. The second-order valence-corrected chi connectivity index (χ2v) is 20.3. The summed E-state index contributed by atoms with van der Waals surface area (Å²) in [4.78, 5) is 12.2. The molecule has 0 bridgehead atoms. The van der Waals surface area contributed by atoms with Crippen LogP contribution in [0.1, 0.15) is 84.1 Å². The third kappa shape index (κ3) is 9.28. The number of aldehydes is 1. The number of rotatable bonds is 20. The summed E-state index contributed by atoms with van der Waals surface area (Å²) < 4.78 is 27.0. The van der Waals surface area contributed by atoms with Gasteiger partial charge in [-0.3, -0.25) is 0 Å². The molecule has 0 heterocycles. The van der Waals surface area contributed by atoms with Crippen LogP contribution in [-0.2, 0) is 30.9 Å². The minimum absolute atomic E-state index is 0.0302. The molecule has 6 heteroatoms. The van der Waals surface area contributed by atoms with Crippen molar-refractivity contribution in [3.8, 4) is 5.75 Å². The van der Waals surface area contributed by atoms with Crippen LogP contribution in [-0.4, -0.2) is 40.5 Å². The van der Waals surface area contributed by atoms with Gasteiger partial charge in [0.2, 0.25) is 8.32 Å². The summed E-state index contributed by atoms with van der Waals surface area (Å²) in [6.07, 6.45) is 0.713. The van der Waals surface area contributed by atoms with Crippen LogP contribution in [0, 0.1) is 11.8 Å². The summed E-state index contributed by atoms with van der Waals surface area (Å²) >= 11 is 0. The molecule has 0 aromatic heterocycles. The molecule has 5 nitrogen and oxygen atoms in total. The number of benzene rings is 4. The normalized spacial score (nSPS) is 14.7. The van der Waals surface area contributed by atoms with E-state index >= 15 is 0 Å². The lowest BCUT2D eigenvalue weighted by Gasteiger charge is -2.48. The smallest absolute Gasteiger partial charge is 0.200 e. The molecule has 0 aliphatic rings. The third-order valence-corrected chi connectivity index (χ3v) is 16.9. The molecule has 4 aromatic carbocycles. The van der Waals surface area contributed by atoms with Crippen molar-refractivity contribution in [2.75, 3.05) is 13.7 Å². The number of methoxy groups -OCH3 is 1. The van der Waals surface area contributed by atoms with Crippen molar-refractivity contribution in [2.45, 2.75) is 103 Å². The monoisotopic (exact) mass is 708 g/mol. The summed E-state index contributed by atoms with van der Waals surface area (Å²) in [6.45, 7) is 19.2. The van der Waals surface area contributed by atoms with E-state index in [1.807, 2.05) is 42.5 Å². The fraction of sp³-hybridized carbons (Fsp3) is 0.444. The highest BCUT2D eigenvalue weighted by Crippen LogP contribution is 2.46. The topological polar surface area (TPSA) is 54.0 Å². The van der Waals surface area contributed by atoms with Gasteiger partial charge in [-0.1, -0.05) is 159 Å². The molecule has 4 rings (SSSR count). The Morgan fingerprint density at radius 1 is 0.647 bits per heavy atom. The van der Waals surface area contributed by atoms with Gasteiger partial charge >= 0.3 is 0 Å². The molecule has 0 amide bonds. The minimum Gasteiger partial charge on any atom is -0.497 e. The lowest BCUT2D eigenvalue weighted by Crippen LogP contribution is -2.54. The van der Waals surface area contributed by atoms with Gasteiger partial charge in [0.25, 0.3) is 0 Å². The average molecular weight is 709 g/mol. The van der Waals surface area contributed by atoms with Gasteiger partial charge in [0.1, 0.15) is 17.6 Å². The fourth-order valence-corrected chi connectivity index (χ4v) is 13.9. The van der Waals surface area contributed by atoms with Gasteiger partial charge in [-0.2, -0.15) is 0 Å². The van der Waals surface area contributed by atoms with Crippen LogP contribution in [0.15, 0.2) is 115 Å². The van der Waals surface area contributed by atoms with Gasteiger partial charge in [-0.05, 0) is 51.0 Å². The van der Waals surface area contributed by atoms with E-state index in [2.05, 4.69) is 128 Å². The first-order valence-electron chi connectivity index (χ1n) is 18.7. The highest BCUT2D eigenvalue weighted by atomic mass is 28.4. The van der Waals surface area contributed by atoms with Crippen LogP contribution in [0.25, 0.3) is 0 Å². The van der Waals surface area contributed by atoms with Crippen molar-refractivity contribution >= 4 is 14.6 Å². The Morgan fingerprint density at radius 3 is 1.49 bits per heavy atom. The van der Waals surface area contributed by atoms with Gasteiger partial charge in [-0.15, -0.1) is 0 Å². The molecule has 4 atom stereocenters. The van der Waals surface area contributed by atoms with Crippen LogP contribution in [0.5, 0.6) is 5.75 Å². The molecule has 4 aromatic rings. The van der Waals surface area contributed by atoms with Crippen molar-refractivity contribution in [2.24, 2.45) is 11.8 Å². The minimum atomic E-state index is -2.36. The van der Waals surface area contributed by atoms with E-state index in [1.54, 1.807) is 7.11 Å². The van der Waals surface area contributed by atoms with Crippen molar-refractivity contribution in [3.05, 3.63) is 138 Å². The molecule has 0 aliphatic heterocycles. The van der Waals surface area contributed by atoms with Gasteiger partial charge in [0.15, 0.2) is 0 Å². The van der Waals surface area contributed by atoms with Crippen LogP contribution < -0.4 is 4.74 Å². The Morgan fingerprint density at radius 2 is 1.10 bits per heavy atom. The van der Waals surface area contributed by atoms with Crippen molar-refractivity contribution in [1.29, 1.82) is 0 Å². The zero-order valence-corrected chi connectivity index (χ0v) is 33.3. The van der Waals surface area contributed by atoms with Crippen LogP contribution in [0.4, 0.5) is 0 Å². The van der Waals surface area contributed by atoms with Crippen LogP contribution in [0.3, 0.4) is 0 Å². The average Bonchev–Trinajstić information content (AvgIpc) is 3.14. The lowest BCUT2D eigenvalue weighted by molar-refractivity contribution is -0.115. The summed E-state index contributed by atoms with van der Waals surface area (Å²) in [6, 6.07) is 39.4. The van der Waals surface area contributed by atoms with E-state index in [-0.39, 0.29) is 30.5 Å². The molecule has 0 saturated carbocycles. The summed E-state index contributed by atoms with van der Waals surface area (Å²) in [5.74, 6) is 0.681. The van der Waals surface area contributed by atoms with Gasteiger partial charge in [0.05, 0.1) is 32.5 Å². The molecule has 274 valence electrons. The van der Waals surface area contributed by atoms with E-state index in [9.17, 15) is 4.79 Å². The molecule has 51 heavy (non-hydrogen) atoms. The first-order valence-corrected chi connectivity index (χ1v) is 20.8. The standard InChI is InChI=1S/C45H60O5Si/c1-33(2)51(34(3)4,35(5)6)50-44(37(8)43(29-30-46)48-32-38-25-27-42(47-9)28-26-38)36(7)31-49-45(39-19-13-10-14-20-39,40-21-15-11-16-22-40)41-23-17-12-18-24-41/h10-28,30,33-37,43-44H,29,31-32H2,1-9H3/t36-,37+,43+,44-/m1/s1. The zero-order chi connectivity index (χ0) is 37.0. The molecule has 0 aliphatic carbocycles. The number of carbonyl (C=O) groups is 1. The maximum atomic E-state index is 12.2. The quantitative estimate of drug-likeness (QED) is 0.0520. The molecule has 0 spiro atoms. The highest BCUT2D eigenvalue weighted by molar-refractivity contribution is 6.77. The number of carbonyl (C=O) groups excluding carboxylic acids is 1. The van der Waals surface area contributed by atoms with E-state index < -0.39 is 13.9 Å². The third-order valence-electron chi connectivity index (χ3n) is 10.8. The maximum Gasteiger partial charge on any atom is 0.200 e. The number of ether oxygens (including phenoxy) is 3. The number of hydrogen-bond donors (Lipinski definition) is 0. The molecular formula is C45H60O5Si. The van der Waals surface area contributed by atoms with Crippen molar-refractivity contribution in [3.63, 3.8) is 0 Å². The molecule has 0 unspecified atom stereocenters. The van der Waals surface area contributed by atoms with Crippen molar-refractivity contribution < 1.29 is 23.4 Å². The summed E-state index contributed by atoms with van der Waals surface area (Å²) in [5.41, 5.74) is 4.56. The predicted octanol–water partition coefficient (Wildman–Crippen LogP) is 11.0. The predicted molar refractivity (Wildman–Crippen MR) is 212 cm³/mol. The molecular weight excluding hydrogens is 649 g/mol. The van der Waals surface area contributed by atoms with Gasteiger partial charge in [0, 0.05) is 18.3 Å². The van der Waals surface area contributed by atoms with Crippen molar-refractivity contribution in [1.82, 2.24) is 0 Å². The van der Waals surface area contributed by atoms with E-state index in [4.69, 9.17) is 18.6 Å². The highest BCUT2D eigenvalue weighted by Gasteiger charge is 2.49. The van der Waals surface area contributed by atoms with Crippen LogP contribution in [0.2, 0.25) is 16.6 Å². The zero-order valence-electron chi connectivity index (χ0n) is 32.3.